The van der Waals surface area contributed by atoms with Crippen LogP contribution in [0.2, 0.25) is 0 Å². The van der Waals surface area contributed by atoms with E-state index in [1.807, 2.05) is 6.92 Å². The minimum Gasteiger partial charge on any atom is -0.427 e. The van der Waals surface area contributed by atoms with Gasteiger partial charge in [-0.3, -0.25) is 19.6 Å². The molecule has 1 saturated heterocycles. The summed E-state index contributed by atoms with van der Waals surface area (Å²) in [6.45, 7) is 1.92. The standard InChI is InChI=1S/C19H25F3N4O5/c1-2-3-5-13(11-24(30)12-27)18(29)25-8-4-6-15(25)17(28)23-16-10-14(19(20,21)22)7-9-26(16)31/h7,9-10,12-13,15,30-31H,2-6,8,11H2,1H3/t13-,15+/m1/s1. The Kier molecular flexibility index (Phi) is 8.20. The lowest BCUT2D eigenvalue weighted by Gasteiger charge is -2.28. The first-order valence-electron chi connectivity index (χ1n) is 9.87. The molecular formula is C19H25F3N4O5. The number of aromatic nitrogens is 1. The molecule has 2 N–H and O–H groups in total. The molecule has 0 aliphatic carbocycles. The third-order valence-electron chi connectivity index (χ3n) is 5.07. The van der Waals surface area contributed by atoms with Crippen molar-refractivity contribution >= 4 is 18.2 Å². The molecule has 0 unspecified atom stereocenters. The van der Waals surface area contributed by atoms with Gasteiger partial charge in [0, 0.05) is 12.7 Å². The highest BCUT2D eigenvalue weighted by Crippen LogP contribution is 2.28. The molecule has 0 spiro atoms. The van der Waals surface area contributed by atoms with Crippen molar-refractivity contribution in [1.29, 1.82) is 0 Å². The molecule has 172 valence electrons. The predicted octanol–water partition coefficient (Wildman–Crippen LogP) is 1.82. The van der Waals surface area contributed by atoms with E-state index in [0.29, 0.717) is 41.2 Å². The Bertz CT molecular complexity index is 871. The molecule has 31 heavy (non-hydrogen) atoms. The van der Waals surface area contributed by atoms with Gasteiger partial charge < -0.3 is 10.1 Å². The van der Waals surface area contributed by atoms with E-state index in [9.17, 15) is 38.0 Å². The summed E-state index contributed by atoms with van der Waals surface area (Å²) in [5.41, 5.74) is -1.69. The van der Waals surface area contributed by atoms with E-state index in [0.717, 1.165) is 12.6 Å². The van der Waals surface area contributed by atoms with Crippen LogP contribution in [-0.2, 0) is 20.6 Å². The maximum absolute atomic E-state index is 13.0. The summed E-state index contributed by atoms with van der Waals surface area (Å²) in [5, 5.41) is 19.6. The lowest BCUT2D eigenvalue weighted by atomic mass is 9.99. The van der Waals surface area contributed by atoms with Crippen LogP contribution in [0.5, 0.6) is 0 Å². The van der Waals surface area contributed by atoms with E-state index < -0.39 is 41.0 Å². The van der Waals surface area contributed by atoms with Gasteiger partial charge in [-0.05, 0) is 31.4 Å². The zero-order valence-electron chi connectivity index (χ0n) is 17.0. The van der Waals surface area contributed by atoms with E-state index in [2.05, 4.69) is 4.99 Å². The third-order valence-corrected chi connectivity index (χ3v) is 5.07. The fourth-order valence-electron chi connectivity index (χ4n) is 3.46. The molecule has 2 rings (SSSR count). The van der Waals surface area contributed by atoms with Crippen LogP contribution in [0.15, 0.2) is 23.3 Å². The smallest absolute Gasteiger partial charge is 0.416 e. The van der Waals surface area contributed by atoms with Crippen LogP contribution in [0.4, 0.5) is 13.2 Å². The first kappa shape index (κ1) is 24.4. The van der Waals surface area contributed by atoms with Gasteiger partial charge in [0.2, 0.25) is 12.3 Å². The summed E-state index contributed by atoms with van der Waals surface area (Å²) in [6, 6.07) is 0.173. The van der Waals surface area contributed by atoms with Crippen molar-refractivity contribution in [1.82, 2.24) is 14.7 Å². The number of unbranched alkanes of at least 4 members (excludes halogenated alkanes) is 1. The number of likely N-dealkylation sites (tertiary alicyclic amines) is 1. The molecule has 2 heterocycles. The lowest BCUT2D eigenvalue weighted by Crippen LogP contribution is -2.46. The van der Waals surface area contributed by atoms with Gasteiger partial charge in [0.15, 0.2) is 5.49 Å². The summed E-state index contributed by atoms with van der Waals surface area (Å²) in [5.74, 6) is -2.04. The second-order valence-electron chi connectivity index (χ2n) is 7.32. The zero-order chi connectivity index (χ0) is 23.2. The van der Waals surface area contributed by atoms with Gasteiger partial charge in [0.25, 0.3) is 5.91 Å². The molecular weight excluding hydrogens is 421 g/mol. The van der Waals surface area contributed by atoms with Crippen LogP contribution in [0.1, 0.15) is 44.6 Å². The highest BCUT2D eigenvalue weighted by molar-refractivity contribution is 5.89. The van der Waals surface area contributed by atoms with Crippen molar-refractivity contribution in [3.63, 3.8) is 0 Å². The third kappa shape index (κ3) is 6.29. The molecule has 12 heteroatoms. The van der Waals surface area contributed by atoms with Crippen LogP contribution in [0, 0.1) is 5.92 Å². The maximum atomic E-state index is 13.0. The Morgan fingerprint density at radius 3 is 2.74 bits per heavy atom. The number of carbonyl (C=O) groups is 3. The van der Waals surface area contributed by atoms with Gasteiger partial charge in [-0.15, -0.1) is 0 Å². The minimum absolute atomic E-state index is 0.182. The van der Waals surface area contributed by atoms with E-state index >= 15 is 0 Å². The molecule has 0 radical (unpaired) electrons. The topological polar surface area (TPSA) is 115 Å². The molecule has 0 aromatic carbocycles. The SMILES string of the molecule is CCCC[C@H](CN(O)C=O)C(=O)N1CCC[C@H]1C(=O)N=c1cc(C(F)(F)F)ccn1O. The van der Waals surface area contributed by atoms with E-state index in [1.165, 1.54) is 4.90 Å². The maximum Gasteiger partial charge on any atom is 0.416 e. The normalized spacial score (nSPS) is 18.2. The average Bonchev–Trinajstić information content (AvgIpc) is 3.21. The summed E-state index contributed by atoms with van der Waals surface area (Å²) in [7, 11) is 0. The molecule has 0 bridgehead atoms. The fourth-order valence-corrected chi connectivity index (χ4v) is 3.46. The number of hydrogen-bond donors (Lipinski definition) is 2. The Balaban J connectivity index is 2.27. The second kappa shape index (κ2) is 10.4. The molecule has 2 atom stereocenters. The monoisotopic (exact) mass is 446 g/mol. The van der Waals surface area contributed by atoms with E-state index in [4.69, 9.17) is 0 Å². The molecule has 9 nitrogen and oxygen atoms in total. The number of nitrogens with zero attached hydrogens (tertiary/aromatic N) is 4. The largest absolute Gasteiger partial charge is 0.427 e. The van der Waals surface area contributed by atoms with Crippen LogP contribution >= 0.6 is 0 Å². The summed E-state index contributed by atoms with van der Waals surface area (Å²) in [6.07, 6.45) is -1.21. The fraction of sp³-hybridized carbons (Fsp3) is 0.579. The van der Waals surface area contributed by atoms with E-state index in [1.54, 1.807) is 0 Å². The van der Waals surface area contributed by atoms with Crippen molar-refractivity contribution in [2.45, 2.75) is 51.2 Å². The van der Waals surface area contributed by atoms with Crippen LogP contribution in [0.25, 0.3) is 0 Å². The van der Waals surface area contributed by atoms with Gasteiger partial charge in [-0.25, -0.2) is 5.06 Å². The summed E-state index contributed by atoms with van der Waals surface area (Å²) in [4.78, 5) is 41.3. The summed E-state index contributed by atoms with van der Waals surface area (Å²) >= 11 is 0. The van der Waals surface area contributed by atoms with Crippen molar-refractivity contribution < 1.29 is 38.0 Å². The summed E-state index contributed by atoms with van der Waals surface area (Å²) < 4.78 is 39.0. The van der Waals surface area contributed by atoms with Gasteiger partial charge in [-0.2, -0.15) is 22.9 Å². The molecule has 0 saturated carbocycles. The lowest BCUT2D eigenvalue weighted by molar-refractivity contribution is -0.157. The van der Waals surface area contributed by atoms with Crippen LogP contribution in [0.3, 0.4) is 0 Å². The molecule has 3 amide bonds. The first-order valence-corrected chi connectivity index (χ1v) is 9.87. The van der Waals surface area contributed by atoms with Gasteiger partial charge in [0.05, 0.1) is 18.0 Å². The first-order chi connectivity index (χ1) is 14.6. The van der Waals surface area contributed by atoms with E-state index in [-0.39, 0.29) is 25.9 Å². The predicted molar refractivity (Wildman–Crippen MR) is 99.5 cm³/mol. The Hall–Kier alpha value is -2.89. The highest BCUT2D eigenvalue weighted by Gasteiger charge is 2.37. The number of alkyl halides is 3. The Morgan fingerprint density at radius 2 is 2.13 bits per heavy atom. The van der Waals surface area contributed by atoms with Crippen molar-refractivity contribution in [3.05, 3.63) is 29.4 Å². The zero-order valence-corrected chi connectivity index (χ0v) is 17.0. The van der Waals surface area contributed by atoms with Crippen molar-refractivity contribution in [3.8, 4) is 0 Å². The number of halogens is 3. The second-order valence-corrected chi connectivity index (χ2v) is 7.32. The minimum atomic E-state index is -4.68. The molecule has 1 aliphatic heterocycles. The van der Waals surface area contributed by atoms with Gasteiger partial charge in [-0.1, -0.05) is 19.8 Å². The number of amides is 3. The number of carbonyl (C=O) groups excluding carboxylic acids is 3. The molecule has 1 fully saturated rings. The number of pyridine rings is 1. The Morgan fingerprint density at radius 1 is 1.42 bits per heavy atom. The van der Waals surface area contributed by atoms with Gasteiger partial charge >= 0.3 is 6.18 Å². The van der Waals surface area contributed by atoms with Crippen LogP contribution < -0.4 is 5.49 Å². The molecule has 1 aromatic heterocycles. The number of hydrogen-bond acceptors (Lipinski definition) is 5. The highest BCUT2D eigenvalue weighted by atomic mass is 19.4. The average molecular weight is 446 g/mol. The van der Waals surface area contributed by atoms with Crippen molar-refractivity contribution in [2.75, 3.05) is 13.1 Å². The molecule has 1 aliphatic rings. The quantitative estimate of drug-likeness (QED) is 0.274. The van der Waals surface area contributed by atoms with Crippen molar-refractivity contribution in [2.24, 2.45) is 10.9 Å². The number of rotatable bonds is 8. The van der Waals surface area contributed by atoms with Gasteiger partial charge in [0.1, 0.15) is 6.04 Å². The Labute approximate surface area is 176 Å². The molecule has 1 aromatic rings. The van der Waals surface area contributed by atoms with Crippen LogP contribution in [-0.4, -0.2) is 62.5 Å². The number of hydroxylamine groups is 2.